The maximum absolute atomic E-state index is 10.6. The minimum atomic E-state index is -0.685. The number of fused-ring (bicyclic) bond motifs is 1. The van der Waals surface area contributed by atoms with Crippen LogP contribution in [0.2, 0.25) is 0 Å². The molecule has 1 N–H and O–H groups in total. The van der Waals surface area contributed by atoms with Gasteiger partial charge in [0.1, 0.15) is 19.3 Å². The number of rotatable bonds is 2. The van der Waals surface area contributed by atoms with Crippen LogP contribution in [0.25, 0.3) is 0 Å². The first-order valence-electron chi connectivity index (χ1n) is 6.09. The summed E-state index contributed by atoms with van der Waals surface area (Å²) < 4.78 is 13.0. The highest BCUT2D eigenvalue weighted by Crippen LogP contribution is 2.41. The van der Waals surface area contributed by atoms with Gasteiger partial charge in [-0.3, -0.25) is 0 Å². The molecule has 3 rings (SSSR count). The second-order valence-electron chi connectivity index (χ2n) is 4.53. The molecule has 0 spiro atoms. The molecule has 0 radical (unpaired) electrons. The van der Waals surface area contributed by atoms with Crippen LogP contribution in [-0.2, 0) is 0 Å². The van der Waals surface area contributed by atoms with Gasteiger partial charge in [0.15, 0.2) is 11.5 Å². The Morgan fingerprint density at radius 2 is 1.80 bits per heavy atom. The van der Waals surface area contributed by atoms with Gasteiger partial charge in [0, 0.05) is 14.9 Å². The lowest BCUT2D eigenvalue weighted by atomic mass is 10.1. The van der Waals surface area contributed by atoms with E-state index in [0.717, 1.165) is 24.3 Å². The zero-order valence-electron chi connectivity index (χ0n) is 10.7. The van der Waals surface area contributed by atoms with Crippen molar-refractivity contribution in [2.75, 3.05) is 13.2 Å². The summed E-state index contributed by atoms with van der Waals surface area (Å²) in [5.74, 6) is 1.39. The molecule has 20 heavy (non-hydrogen) atoms. The second kappa shape index (κ2) is 5.67. The minimum Gasteiger partial charge on any atom is -0.486 e. The lowest BCUT2D eigenvalue weighted by Crippen LogP contribution is -2.16. The van der Waals surface area contributed by atoms with Gasteiger partial charge in [-0.2, -0.15) is 0 Å². The average molecular weight is 420 g/mol. The van der Waals surface area contributed by atoms with E-state index in [1.165, 1.54) is 11.3 Å². The predicted molar refractivity (Wildman–Crippen MR) is 85.9 cm³/mol. The summed E-state index contributed by atoms with van der Waals surface area (Å²) in [6.07, 6.45) is -0.685. The van der Waals surface area contributed by atoms with Crippen LogP contribution in [0.4, 0.5) is 0 Å². The average Bonchev–Trinajstić information content (AvgIpc) is 2.77. The Hall–Kier alpha value is -0.560. The van der Waals surface area contributed by atoms with Gasteiger partial charge < -0.3 is 14.6 Å². The van der Waals surface area contributed by atoms with Crippen LogP contribution >= 0.6 is 43.2 Å². The van der Waals surface area contributed by atoms with Crippen LogP contribution in [0.1, 0.15) is 22.1 Å². The van der Waals surface area contributed by atoms with Crippen molar-refractivity contribution in [3.05, 3.63) is 42.5 Å². The number of benzene rings is 1. The number of hydrogen-bond acceptors (Lipinski definition) is 4. The highest BCUT2D eigenvalue weighted by atomic mass is 79.9. The molecule has 0 fully saturated rings. The number of halogens is 2. The smallest absolute Gasteiger partial charge is 0.162 e. The van der Waals surface area contributed by atoms with Crippen LogP contribution < -0.4 is 9.47 Å². The van der Waals surface area contributed by atoms with Crippen molar-refractivity contribution in [3.63, 3.8) is 0 Å². The normalized spacial score (nSPS) is 15.2. The third-order valence-corrected chi connectivity index (χ3v) is 5.98. The summed E-state index contributed by atoms with van der Waals surface area (Å²) in [6.45, 7) is 3.10. The van der Waals surface area contributed by atoms with Gasteiger partial charge in [-0.25, -0.2) is 0 Å². The van der Waals surface area contributed by atoms with E-state index >= 15 is 0 Å². The number of aliphatic hydroxyl groups excluding tert-OH is 1. The first-order valence-corrected chi connectivity index (χ1v) is 8.49. The molecular weight excluding hydrogens is 408 g/mol. The molecule has 2 aromatic rings. The Bertz CT molecular complexity index is 635. The largest absolute Gasteiger partial charge is 0.486 e. The fourth-order valence-electron chi connectivity index (χ4n) is 2.06. The van der Waals surface area contributed by atoms with Crippen LogP contribution in [0.15, 0.2) is 26.5 Å². The Morgan fingerprint density at radius 3 is 2.40 bits per heavy atom. The van der Waals surface area contributed by atoms with E-state index < -0.39 is 6.10 Å². The number of aryl methyl sites for hydroxylation is 1. The molecule has 1 aliphatic rings. The lowest BCUT2D eigenvalue weighted by Gasteiger charge is -2.21. The van der Waals surface area contributed by atoms with Crippen LogP contribution in [-0.4, -0.2) is 18.3 Å². The molecule has 1 aromatic carbocycles. The van der Waals surface area contributed by atoms with Crippen molar-refractivity contribution in [2.24, 2.45) is 0 Å². The number of ether oxygens (including phenoxy) is 2. The number of aliphatic hydroxyl groups is 1. The van der Waals surface area contributed by atoms with Gasteiger partial charge in [-0.15, -0.1) is 11.3 Å². The molecule has 1 aliphatic heterocycles. The Balaban J connectivity index is 2.00. The zero-order chi connectivity index (χ0) is 14.3. The number of thiophene rings is 1. The maximum Gasteiger partial charge on any atom is 0.162 e. The van der Waals surface area contributed by atoms with E-state index in [-0.39, 0.29) is 0 Å². The van der Waals surface area contributed by atoms with Crippen molar-refractivity contribution in [2.45, 2.75) is 13.0 Å². The molecular formula is C14H12Br2O3S. The van der Waals surface area contributed by atoms with Crippen molar-refractivity contribution in [1.82, 2.24) is 0 Å². The Labute approximate surface area is 137 Å². The molecule has 1 unspecified atom stereocenters. The van der Waals surface area contributed by atoms with Gasteiger partial charge in [0.05, 0.1) is 3.79 Å². The van der Waals surface area contributed by atoms with Gasteiger partial charge in [-0.05, 0) is 46.6 Å². The van der Waals surface area contributed by atoms with E-state index in [1.54, 1.807) is 0 Å². The van der Waals surface area contributed by atoms with Crippen molar-refractivity contribution in [3.8, 4) is 11.5 Å². The highest BCUT2D eigenvalue weighted by Gasteiger charge is 2.21. The molecule has 0 aliphatic carbocycles. The van der Waals surface area contributed by atoms with Gasteiger partial charge >= 0.3 is 0 Å². The van der Waals surface area contributed by atoms with Crippen LogP contribution in [0.5, 0.6) is 11.5 Å². The zero-order valence-corrected chi connectivity index (χ0v) is 14.6. The summed E-state index contributed by atoms with van der Waals surface area (Å²) in [5, 5.41) is 10.6. The molecule has 2 heterocycles. The quantitative estimate of drug-likeness (QED) is 0.782. The molecule has 1 aromatic heterocycles. The first kappa shape index (κ1) is 14.4. The highest BCUT2D eigenvalue weighted by molar-refractivity contribution is 9.11. The summed E-state index contributed by atoms with van der Waals surface area (Å²) in [4.78, 5) is 0.895. The summed E-state index contributed by atoms with van der Waals surface area (Å²) in [7, 11) is 0. The summed E-state index contributed by atoms with van der Waals surface area (Å²) in [5.41, 5.74) is 1.90. The van der Waals surface area contributed by atoms with Crippen molar-refractivity contribution in [1.29, 1.82) is 0 Å². The molecule has 1 atom stereocenters. The molecule has 106 valence electrons. The predicted octanol–water partition coefficient (Wildman–Crippen LogP) is 4.43. The fourth-order valence-corrected chi connectivity index (χ4v) is 4.18. The Kier molecular flexibility index (Phi) is 4.08. The third-order valence-electron chi connectivity index (χ3n) is 3.10. The standard InChI is InChI=1S/C14H12Br2O3S/c1-7-4-12(20-14(7)16)13(17)8-5-10-11(6-9(8)15)19-3-2-18-10/h4-6,13,17H,2-3H2,1H3. The van der Waals surface area contributed by atoms with E-state index in [4.69, 9.17) is 9.47 Å². The first-order chi connectivity index (χ1) is 9.56. The summed E-state index contributed by atoms with van der Waals surface area (Å²) in [6, 6.07) is 5.68. The van der Waals surface area contributed by atoms with Crippen LogP contribution in [0, 0.1) is 6.92 Å². The monoisotopic (exact) mass is 418 g/mol. The molecule has 0 saturated heterocycles. The molecule has 6 heteroatoms. The van der Waals surface area contributed by atoms with Crippen molar-refractivity contribution >= 4 is 43.2 Å². The molecule has 0 bridgehead atoms. The van der Waals surface area contributed by atoms with E-state index in [1.807, 2.05) is 25.1 Å². The third kappa shape index (κ3) is 2.62. The van der Waals surface area contributed by atoms with Gasteiger partial charge in [0.25, 0.3) is 0 Å². The SMILES string of the molecule is Cc1cc(C(O)c2cc3c(cc2Br)OCCO3)sc1Br. The number of hydrogen-bond donors (Lipinski definition) is 1. The van der Waals surface area contributed by atoms with Gasteiger partial charge in [0.2, 0.25) is 0 Å². The minimum absolute atomic E-state index is 0.536. The Morgan fingerprint density at radius 1 is 1.15 bits per heavy atom. The van der Waals surface area contributed by atoms with E-state index in [9.17, 15) is 5.11 Å². The van der Waals surface area contributed by atoms with Crippen LogP contribution in [0.3, 0.4) is 0 Å². The lowest BCUT2D eigenvalue weighted by molar-refractivity contribution is 0.169. The maximum atomic E-state index is 10.6. The van der Waals surface area contributed by atoms with E-state index in [0.29, 0.717) is 24.7 Å². The second-order valence-corrected chi connectivity index (χ2v) is 7.78. The summed E-state index contributed by atoms with van der Waals surface area (Å²) >= 11 is 8.52. The van der Waals surface area contributed by atoms with Crippen molar-refractivity contribution < 1.29 is 14.6 Å². The van der Waals surface area contributed by atoms with E-state index in [2.05, 4.69) is 31.9 Å². The molecule has 0 amide bonds. The fraction of sp³-hybridized carbons (Fsp3) is 0.286. The molecule has 0 saturated carbocycles. The molecule has 3 nitrogen and oxygen atoms in total. The topological polar surface area (TPSA) is 38.7 Å². The van der Waals surface area contributed by atoms with Gasteiger partial charge in [-0.1, -0.05) is 15.9 Å².